The van der Waals surface area contributed by atoms with Gasteiger partial charge in [0.15, 0.2) is 5.82 Å². The Morgan fingerprint density at radius 2 is 2.07 bits per heavy atom. The van der Waals surface area contributed by atoms with Crippen LogP contribution < -0.4 is 15.5 Å². The van der Waals surface area contributed by atoms with E-state index in [1.54, 1.807) is 18.6 Å². The van der Waals surface area contributed by atoms with E-state index in [1.807, 2.05) is 37.2 Å². The third-order valence-electron chi connectivity index (χ3n) is 4.95. The maximum Gasteiger partial charge on any atom is 0.155 e. The number of hydrogen-bond acceptors (Lipinski definition) is 7. The molecular weight excluding hydrogens is 357 g/mol. The lowest BCUT2D eigenvalue weighted by Crippen LogP contribution is -2.46. The number of hydrogen-bond donors (Lipinski definition) is 2. The standard InChI is InChI=1S/C20H24FN7/c1-28(2)17-5-4-14(11-25-17)15-10-16-18(24-9-8-23-16)19(27-15)26-13-20(21)6-3-7-22-12-20/h4-5,8-11,22H,3,6-7,12-13H2,1-2H3,(H,26,27)/t20-/m1/s1. The summed E-state index contributed by atoms with van der Waals surface area (Å²) in [7, 11) is 3.89. The van der Waals surface area contributed by atoms with Gasteiger partial charge in [-0.15, -0.1) is 0 Å². The van der Waals surface area contributed by atoms with Crippen molar-refractivity contribution in [2.24, 2.45) is 0 Å². The predicted octanol–water partition coefficient (Wildman–Crippen LogP) is 2.66. The zero-order valence-corrected chi connectivity index (χ0v) is 16.1. The van der Waals surface area contributed by atoms with Crippen LogP contribution in [0.2, 0.25) is 0 Å². The molecule has 4 heterocycles. The molecule has 3 aromatic heterocycles. The molecule has 0 aliphatic carbocycles. The Bertz CT molecular complexity index is 952. The monoisotopic (exact) mass is 381 g/mol. The Morgan fingerprint density at radius 1 is 1.21 bits per heavy atom. The zero-order chi connectivity index (χ0) is 19.6. The number of rotatable bonds is 5. The Kier molecular flexibility index (Phi) is 5.04. The van der Waals surface area contributed by atoms with Crippen molar-refractivity contribution in [1.82, 2.24) is 25.3 Å². The minimum atomic E-state index is -1.29. The van der Waals surface area contributed by atoms with Crippen molar-refractivity contribution in [3.63, 3.8) is 0 Å². The second-order valence-electron chi connectivity index (χ2n) is 7.36. The van der Waals surface area contributed by atoms with Gasteiger partial charge in [0.1, 0.15) is 17.0 Å². The number of halogens is 1. The third kappa shape index (κ3) is 3.87. The SMILES string of the molecule is CN(C)c1ccc(-c2cc3nccnc3c(NC[C@@]3(F)CCCNC3)n2)cn1. The molecule has 3 aromatic rings. The van der Waals surface area contributed by atoms with Crippen LogP contribution in [0.15, 0.2) is 36.8 Å². The number of nitrogens with zero attached hydrogens (tertiary/aromatic N) is 5. The van der Waals surface area contributed by atoms with Gasteiger partial charge in [0, 0.05) is 44.8 Å². The molecule has 4 rings (SSSR count). The highest BCUT2D eigenvalue weighted by atomic mass is 19.1. The quantitative estimate of drug-likeness (QED) is 0.703. The topological polar surface area (TPSA) is 78.9 Å². The van der Waals surface area contributed by atoms with Crippen LogP contribution in [0.4, 0.5) is 16.0 Å². The van der Waals surface area contributed by atoms with Crippen LogP contribution in [0.3, 0.4) is 0 Å². The molecule has 146 valence electrons. The number of aromatic nitrogens is 4. The number of anilines is 2. The molecule has 8 heteroatoms. The van der Waals surface area contributed by atoms with Gasteiger partial charge in [0.2, 0.25) is 0 Å². The van der Waals surface area contributed by atoms with E-state index in [4.69, 9.17) is 4.98 Å². The molecule has 0 spiro atoms. The Balaban J connectivity index is 1.67. The molecule has 1 atom stereocenters. The number of pyridine rings is 2. The van der Waals surface area contributed by atoms with Gasteiger partial charge in [-0.05, 0) is 37.6 Å². The van der Waals surface area contributed by atoms with Gasteiger partial charge >= 0.3 is 0 Å². The van der Waals surface area contributed by atoms with Crippen molar-refractivity contribution in [3.8, 4) is 11.3 Å². The van der Waals surface area contributed by atoms with E-state index in [9.17, 15) is 4.39 Å². The first kappa shape index (κ1) is 18.5. The van der Waals surface area contributed by atoms with Crippen molar-refractivity contribution in [2.75, 3.05) is 43.9 Å². The number of nitrogens with one attached hydrogen (secondary N) is 2. The summed E-state index contributed by atoms with van der Waals surface area (Å²) in [6, 6.07) is 5.79. The lowest BCUT2D eigenvalue weighted by molar-refractivity contribution is 0.137. The first-order chi connectivity index (χ1) is 13.5. The molecule has 0 bridgehead atoms. The van der Waals surface area contributed by atoms with Gasteiger partial charge < -0.3 is 15.5 Å². The highest BCUT2D eigenvalue weighted by molar-refractivity contribution is 5.88. The molecule has 1 aliphatic rings. The second-order valence-corrected chi connectivity index (χ2v) is 7.36. The van der Waals surface area contributed by atoms with Crippen molar-refractivity contribution >= 4 is 22.7 Å². The summed E-state index contributed by atoms with van der Waals surface area (Å²) in [4.78, 5) is 19.9. The zero-order valence-electron chi connectivity index (χ0n) is 16.1. The summed E-state index contributed by atoms with van der Waals surface area (Å²) in [6.45, 7) is 1.39. The van der Waals surface area contributed by atoms with Crippen LogP contribution in [-0.2, 0) is 0 Å². The summed E-state index contributed by atoms with van der Waals surface area (Å²) >= 11 is 0. The van der Waals surface area contributed by atoms with E-state index in [1.165, 1.54) is 0 Å². The summed E-state index contributed by atoms with van der Waals surface area (Å²) in [6.07, 6.45) is 6.41. The van der Waals surface area contributed by atoms with Crippen LogP contribution in [-0.4, -0.2) is 59.3 Å². The van der Waals surface area contributed by atoms with Gasteiger partial charge in [-0.3, -0.25) is 4.98 Å². The molecule has 1 aliphatic heterocycles. The Labute approximate surface area is 163 Å². The minimum Gasteiger partial charge on any atom is -0.365 e. The predicted molar refractivity (Wildman–Crippen MR) is 109 cm³/mol. The van der Waals surface area contributed by atoms with Crippen LogP contribution >= 0.6 is 0 Å². The second kappa shape index (κ2) is 7.63. The fourth-order valence-electron chi connectivity index (χ4n) is 3.37. The highest BCUT2D eigenvalue weighted by Gasteiger charge is 2.31. The summed E-state index contributed by atoms with van der Waals surface area (Å²) in [5.74, 6) is 1.41. The van der Waals surface area contributed by atoms with Crippen LogP contribution in [0.1, 0.15) is 12.8 Å². The number of fused-ring (bicyclic) bond motifs is 1. The minimum absolute atomic E-state index is 0.181. The van der Waals surface area contributed by atoms with Crippen molar-refractivity contribution in [1.29, 1.82) is 0 Å². The van der Waals surface area contributed by atoms with E-state index in [-0.39, 0.29) is 6.54 Å². The maximum absolute atomic E-state index is 15.0. The molecule has 7 nitrogen and oxygen atoms in total. The largest absolute Gasteiger partial charge is 0.365 e. The summed E-state index contributed by atoms with van der Waals surface area (Å²) in [5, 5.41) is 6.31. The first-order valence-corrected chi connectivity index (χ1v) is 9.43. The van der Waals surface area contributed by atoms with E-state index in [0.717, 1.165) is 30.0 Å². The van der Waals surface area contributed by atoms with Crippen molar-refractivity contribution in [2.45, 2.75) is 18.5 Å². The van der Waals surface area contributed by atoms with Crippen LogP contribution in [0, 0.1) is 0 Å². The normalized spacial score (nSPS) is 19.5. The van der Waals surface area contributed by atoms with E-state index in [2.05, 4.69) is 25.6 Å². The fourth-order valence-corrected chi connectivity index (χ4v) is 3.37. The molecule has 28 heavy (non-hydrogen) atoms. The van der Waals surface area contributed by atoms with Gasteiger partial charge in [0.25, 0.3) is 0 Å². The van der Waals surface area contributed by atoms with Crippen molar-refractivity contribution < 1.29 is 4.39 Å². The lowest BCUT2D eigenvalue weighted by atomic mass is 9.96. The maximum atomic E-state index is 15.0. The molecule has 0 radical (unpaired) electrons. The first-order valence-electron chi connectivity index (χ1n) is 9.43. The fraction of sp³-hybridized carbons (Fsp3) is 0.400. The molecule has 2 N–H and O–H groups in total. The van der Waals surface area contributed by atoms with E-state index >= 15 is 0 Å². The number of piperidine rings is 1. The van der Waals surface area contributed by atoms with Crippen LogP contribution in [0.25, 0.3) is 22.3 Å². The average molecular weight is 381 g/mol. The van der Waals surface area contributed by atoms with E-state index < -0.39 is 5.67 Å². The molecular formula is C20H24FN7. The van der Waals surface area contributed by atoms with Gasteiger partial charge in [0.05, 0.1) is 17.8 Å². The highest BCUT2D eigenvalue weighted by Crippen LogP contribution is 2.27. The molecule has 0 unspecified atom stereocenters. The summed E-state index contributed by atoms with van der Waals surface area (Å²) in [5.41, 5.74) is 1.65. The van der Waals surface area contributed by atoms with Crippen LogP contribution in [0.5, 0.6) is 0 Å². The molecule has 0 aromatic carbocycles. The molecule has 0 saturated carbocycles. The molecule has 1 saturated heterocycles. The van der Waals surface area contributed by atoms with Crippen molar-refractivity contribution in [3.05, 3.63) is 36.8 Å². The Morgan fingerprint density at radius 3 is 2.79 bits per heavy atom. The summed E-state index contributed by atoms with van der Waals surface area (Å²) < 4.78 is 15.0. The lowest BCUT2D eigenvalue weighted by Gasteiger charge is -2.30. The Hall–Kier alpha value is -2.87. The van der Waals surface area contributed by atoms with E-state index in [0.29, 0.717) is 29.8 Å². The third-order valence-corrected chi connectivity index (χ3v) is 4.95. The van der Waals surface area contributed by atoms with Gasteiger partial charge in [-0.25, -0.2) is 19.3 Å². The molecule has 1 fully saturated rings. The molecule has 0 amide bonds. The number of alkyl halides is 1. The van der Waals surface area contributed by atoms with Gasteiger partial charge in [-0.2, -0.15) is 0 Å². The van der Waals surface area contributed by atoms with Gasteiger partial charge in [-0.1, -0.05) is 0 Å². The average Bonchev–Trinajstić information content (AvgIpc) is 2.72. The smallest absolute Gasteiger partial charge is 0.155 e.